The SMILES string of the molecule is Cc1ccn([C@@H]2O[C@H](COP(=O)(O)OP(=O)(O)OP(=O)(O)O)C(O)[C@@H]2O)c(=O)n1. The van der Waals surface area contributed by atoms with Crippen molar-refractivity contribution in [1.82, 2.24) is 9.55 Å². The number of hydrogen-bond donors (Lipinski definition) is 6. The summed E-state index contributed by atoms with van der Waals surface area (Å²) in [5, 5.41) is 20.0. The van der Waals surface area contributed by atoms with Gasteiger partial charge in [-0.15, -0.1) is 0 Å². The number of rotatable bonds is 8. The molecule has 0 aliphatic carbocycles. The van der Waals surface area contributed by atoms with Gasteiger partial charge >= 0.3 is 29.2 Å². The minimum absolute atomic E-state index is 0.378. The van der Waals surface area contributed by atoms with Crippen molar-refractivity contribution in [2.24, 2.45) is 0 Å². The van der Waals surface area contributed by atoms with Crippen LogP contribution in [0.3, 0.4) is 0 Å². The van der Waals surface area contributed by atoms with Gasteiger partial charge in [0.25, 0.3) is 0 Å². The molecule has 2 rings (SSSR count). The zero-order chi connectivity index (χ0) is 22.2. The highest BCUT2D eigenvalue weighted by Gasteiger charge is 2.46. The third-order valence-corrected chi connectivity index (χ3v) is 7.20. The van der Waals surface area contributed by atoms with Crippen molar-refractivity contribution in [3.63, 3.8) is 0 Å². The van der Waals surface area contributed by atoms with Crippen molar-refractivity contribution in [3.8, 4) is 0 Å². The maximum absolute atomic E-state index is 11.9. The molecular formula is C10H17N2O14P3. The first-order valence-corrected chi connectivity index (χ1v) is 12.0. The predicted octanol–water partition coefficient (Wildman–Crippen LogP) is -1.49. The van der Waals surface area contributed by atoms with E-state index >= 15 is 0 Å². The topological polar surface area (TPSA) is 244 Å². The number of phosphoric ester groups is 1. The predicted molar refractivity (Wildman–Crippen MR) is 89.0 cm³/mol. The second-order valence-electron chi connectivity index (χ2n) is 5.69. The second-order valence-corrected chi connectivity index (χ2v) is 10.1. The summed E-state index contributed by atoms with van der Waals surface area (Å²) in [4.78, 5) is 50.8. The highest BCUT2D eigenvalue weighted by Crippen LogP contribution is 2.66. The summed E-state index contributed by atoms with van der Waals surface area (Å²) in [5.41, 5.74) is -0.432. The molecule has 0 amide bonds. The maximum atomic E-state index is 11.9. The Balaban J connectivity index is 2.05. The number of phosphoric acid groups is 3. The van der Waals surface area contributed by atoms with Gasteiger partial charge in [-0.1, -0.05) is 0 Å². The summed E-state index contributed by atoms with van der Waals surface area (Å²) >= 11 is 0. The molecular weight excluding hydrogens is 465 g/mol. The van der Waals surface area contributed by atoms with E-state index in [4.69, 9.17) is 19.4 Å². The Hall–Kier alpha value is -0.830. The van der Waals surface area contributed by atoms with E-state index in [1.807, 2.05) is 0 Å². The van der Waals surface area contributed by atoms with Gasteiger partial charge < -0.3 is 34.5 Å². The number of aryl methyl sites for hydroxylation is 1. The molecule has 29 heavy (non-hydrogen) atoms. The van der Waals surface area contributed by atoms with Gasteiger partial charge in [0.2, 0.25) is 0 Å². The fourth-order valence-electron chi connectivity index (χ4n) is 2.26. The number of ether oxygens (including phenoxy) is 1. The van der Waals surface area contributed by atoms with Crippen LogP contribution >= 0.6 is 23.5 Å². The maximum Gasteiger partial charge on any atom is 0.490 e. The lowest BCUT2D eigenvalue weighted by Gasteiger charge is -2.19. The second kappa shape index (κ2) is 8.73. The summed E-state index contributed by atoms with van der Waals surface area (Å²) in [5.74, 6) is 0. The molecule has 6 atom stereocenters. The Kier molecular flexibility index (Phi) is 7.36. The molecule has 0 aromatic carbocycles. The average molecular weight is 482 g/mol. The number of aliphatic hydroxyl groups is 2. The largest absolute Gasteiger partial charge is 0.490 e. The molecule has 2 heterocycles. The molecule has 166 valence electrons. The average Bonchev–Trinajstić information content (AvgIpc) is 2.78. The summed E-state index contributed by atoms with van der Waals surface area (Å²) in [7, 11) is -16.7. The summed E-state index contributed by atoms with van der Waals surface area (Å²) in [6, 6.07) is 1.42. The number of hydrogen-bond acceptors (Lipinski definition) is 11. The van der Waals surface area contributed by atoms with Crippen LogP contribution in [0, 0.1) is 6.92 Å². The van der Waals surface area contributed by atoms with Crippen molar-refractivity contribution in [2.45, 2.75) is 31.5 Å². The minimum Gasteiger partial charge on any atom is -0.387 e. The van der Waals surface area contributed by atoms with Crippen LogP contribution in [0.1, 0.15) is 11.9 Å². The van der Waals surface area contributed by atoms with Crippen LogP contribution in [0.5, 0.6) is 0 Å². The van der Waals surface area contributed by atoms with Gasteiger partial charge in [0.15, 0.2) is 6.23 Å². The molecule has 1 aromatic heterocycles. The van der Waals surface area contributed by atoms with E-state index in [-0.39, 0.29) is 0 Å². The van der Waals surface area contributed by atoms with Crippen LogP contribution in [0.2, 0.25) is 0 Å². The van der Waals surface area contributed by atoms with Gasteiger partial charge in [0.1, 0.15) is 18.3 Å². The lowest BCUT2D eigenvalue weighted by Crippen LogP contribution is -2.36. The molecule has 16 nitrogen and oxygen atoms in total. The van der Waals surface area contributed by atoms with Gasteiger partial charge in [-0.3, -0.25) is 9.09 Å². The summed E-state index contributed by atoms with van der Waals surface area (Å²) in [6.45, 7) is 0.546. The van der Waals surface area contributed by atoms with Crippen molar-refractivity contribution >= 4 is 23.5 Å². The van der Waals surface area contributed by atoms with Crippen LogP contribution in [0.25, 0.3) is 0 Å². The van der Waals surface area contributed by atoms with Crippen molar-refractivity contribution in [3.05, 3.63) is 28.4 Å². The molecule has 3 unspecified atom stereocenters. The number of nitrogens with zero attached hydrogens (tertiary/aromatic N) is 2. The molecule has 0 saturated carbocycles. The molecule has 1 saturated heterocycles. The molecule has 6 N–H and O–H groups in total. The zero-order valence-electron chi connectivity index (χ0n) is 14.4. The fraction of sp³-hybridized carbons (Fsp3) is 0.600. The van der Waals surface area contributed by atoms with Gasteiger partial charge in [-0.2, -0.15) is 13.6 Å². The lowest BCUT2D eigenvalue weighted by molar-refractivity contribution is -0.0542. The Morgan fingerprint density at radius 2 is 1.72 bits per heavy atom. The standard InChI is InChI=1S/C10H17N2O14P3/c1-5-2-3-12(10(15)11-5)9-8(14)7(13)6(24-9)4-23-28(19,20)26-29(21,22)25-27(16,17)18/h2-3,6-9,13-14H,4H2,1H3,(H,19,20)(H,21,22)(H2,16,17,18)/t6-,7?,8+,9-/m1/s1. The highest BCUT2D eigenvalue weighted by atomic mass is 31.3. The third kappa shape index (κ3) is 6.84. The van der Waals surface area contributed by atoms with E-state index in [1.54, 1.807) is 0 Å². The van der Waals surface area contributed by atoms with E-state index < -0.39 is 60.3 Å². The normalized spacial score (nSPS) is 29.3. The molecule has 1 aliphatic rings. The number of aliphatic hydroxyl groups excluding tert-OH is 2. The van der Waals surface area contributed by atoms with Crippen LogP contribution in [0.15, 0.2) is 17.1 Å². The Morgan fingerprint density at radius 3 is 2.28 bits per heavy atom. The van der Waals surface area contributed by atoms with Crippen molar-refractivity contribution in [1.29, 1.82) is 0 Å². The van der Waals surface area contributed by atoms with Crippen molar-refractivity contribution in [2.75, 3.05) is 6.61 Å². The van der Waals surface area contributed by atoms with Gasteiger partial charge in [0, 0.05) is 11.9 Å². The van der Waals surface area contributed by atoms with Crippen LogP contribution < -0.4 is 5.69 Å². The summed E-state index contributed by atoms with van der Waals surface area (Å²) < 4.78 is 51.0. The van der Waals surface area contributed by atoms with Gasteiger partial charge in [-0.25, -0.2) is 18.5 Å². The molecule has 19 heteroatoms. The monoisotopic (exact) mass is 482 g/mol. The van der Waals surface area contributed by atoms with E-state index in [2.05, 4.69) is 18.1 Å². The first kappa shape index (κ1) is 24.4. The van der Waals surface area contributed by atoms with Gasteiger partial charge in [-0.05, 0) is 13.0 Å². The minimum atomic E-state index is -5.70. The van der Waals surface area contributed by atoms with E-state index in [0.717, 1.165) is 4.57 Å². The molecule has 0 radical (unpaired) electrons. The molecule has 0 bridgehead atoms. The van der Waals surface area contributed by atoms with Gasteiger partial charge in [0.05, 0.1) is 6.61 Å². The number of aromatic nitrogens is 2. The Morgan fingerprint density at radius 1 is 1.10 bits per heavy atom. The first-order valence-electron chi connectivity index (χ1n) is 7.46. The highest BCUT2D eigenvalue weighted by molar-refractivity contribution is 7.66. The smallest absolute Gasteiger partial charge is 0.387 e. The quantitative estimate of drug-likeness (QED) is 0.231. The first-order chi connectivity index (χ1) is 13.1. The third-order valence-electron chi connectivity index (χ3n) is 3.40. The lowest BCUT2D eigenvalue weighted by atomic mass is 10.1. The molecule has 1 aromatic rings. The van der Waals surface area contributed by atoms with Crippen LogP contribution in [-0.4, -0.2) is 64.3 Å². The Bertz CT molecular complexity index is 944. The van der Waals surface area contributed by atoms with Crippen molar-refractivity contribution < 1.29 is 61.4 Å². The van der Waals surface area contributed by atoms with E-state index in [1.165, 1.54) is 19.2 Å². The molecule has 1 aliphatic heterocycles. The van der Waals surface area contributed by atoms with Crippen LogP contribution in [0.4, 0.5) is 0 Å². The fourth-order valence-corrected chi connectivity index (χ4v) is 5.29. The molecule has 0 spiro atoms. The summed E-state index contributed by atoms with van der Waals surface area (Å²) in [6.07, 6.45) is -5.10. The van der Waals surface area contributed by atoms with E-state index in [0.29, 0.717) is 5.69 Å². The Labute approximate surface area is 161 Å². The van der Waals surface area contributed by atoms with E-state index in [9.17, 15) is 33.6 Å². The molecule has 1 fully saturated rings. The van der Waals surface area contributed by atoms with Crippen LogP contribution in [-0.2, 0) is 31.6 Å². The zero-order valence-corrected chi connectivity index (χ0v) is 17.0.